The highest BCUT2D eigenvalue weighted by Gasteiger charge is 2.23. The summed E-state index contributed by atoms with van der Waals surface area (Å²) in [4.78, 5) is 10.7. The number of hydrogen-bond acceptors (Lipinski definition) is 3. The van der Waals surface area contributed by atoms with E-state index in [1.54, 1.807) is 12.1 Å². The van der Waals surface area contributed by atoms with E-state index < -0.39 is 0 Å². The van der Waals surface area contributed by atoms with Gasteiger partial charge in [-0.2, -0.15) is 0 Å². The molecule has 0 saturated carbocycles. The van der Waals surface area contributed by atoms with Crippen molar-refractivity contribution in [2.75, 3.05) is 6.54 Å². The van der Waals surface area contributed by atoms with Crippen molar-refractivity contribution in [1.82, 2.24) is 5.32 Å². The third-order valence-electron chi connectivity index (χ3n) is 4.09. The number of nitro benzene ring substituents is 1. The summed E-state index contributed by atoms with van der Waals surface area (Å²) in [7, 11) is 0. The molecule has 0 aliphatic heterocycles. The summed E-state index contributed by atoms with van der Waals surface area (Å²) >= 11 is 0. The highest BCUT2D eigenvalue weighted by atomic mass is 16.6. The van der Waals surface area contributed by atoms with E-state index in [1.807, 2.05) is 13.0 Å². The van der Waals surface area contributed by atoms with Crippen LogP contribution >= 0.6 is 0 Å². The van der Waals surface area contributed by atoms with E-state index in [4.69, 9.17) is 0 Å². The third-order valence-corrected chi connectivity index (χ3v) is 4.09. The Bertz CT molecular complexity index is 458. The topological polar surface area (TPSA) is 55.2 Å². The van der Waals surface area contributed by atoms with Gasteiger partial charge in [0.25, 0.3) is 5.69 Å². The number of hydrogen-bond donors (Lipinski definition) is 1. The van der Waals surface area contributed by atoms with Crippen LogP contribution in [-0.4, -0.2) is 17.5 Å². The maximum absolute atomic E-state index is 11.0. The van der Waals surface area contributed by atoms with Crippen LogP contribution in [-0.2, 0) is 6.42 Å². The number of benzene rings is 1. The van der Waals surface area contributed by atoms with Gasteiger partial charge in [0.15, 0.2) is 0 Å². The van der Waals surface area contributed by atoms with Crippen LogP contribution in [0, 0.1) is 28.9 Å². The first-order valence-corrected chi connectivity index (χ1v) is 7.34. The molecular weight excluding hydrogens is 252 g/mol. The summed E-state index contributed by atoms with van der Waals surface area (Å²) in [5.74, 6) is 0.998. The van der Waals surface area contributed by atoms with E-state index in [1.165, 1.54) is 0 Å². The maximum Gasteiger partial charge on any atom is 0.272 e. The molecule has 20 heavy (non-hydrogen) atoms. The van der Waals surface area contributed by atoms with Crippen molar-refractivity contribution < 1.29 is 4.92 Å². The second-order valence-corrected chi connectivity index (χ2v) is 5.78. The Morgan fingerprint density at radius 2 is 1.95 bits per heavy atom. The second-order valence-electron chi connectivity index (χ2n) is 5.78. The SMILES string of the molecule is CCNC(C)C(Cc1cccc([N+](=O)[O-])c1C)C(C)C. The molecule has 4 heteroatoms. The quantitative estimate of drug-likeness (QED) is 0.611. The van der Waals surface area contributed by atoms with Crippen LogP contribution in [0.1, 0.15) is 38.8 Å². The molecule has 1 rings (SSSR count). The molecule has 0 spiro atoms. The Kier molecular flexibility index (Phi) is 6.14. The van der Waals surface area contributed by atoms with E-state index in [0.717, 1.165) is 24.1 Å². The summed E-state index contributed by atoms with van der Waals surface area (Å²) in [6.45, 7) is 11.5. The Morgan fingerprint density at radius 1 is 1.30 bits per heavy atom. The molecule has 1 N–H and O–H groups in total. The van der Waals surface area contributed by atoms with Crippen LogP contribution in [0.25, 0.3) is 0 Å². The van der Waals surface area contributed by atoms with Crippen LogP contribution in [0.4, 0.5) is 5.69 Å². The van der Waals surface area contributed by atoms with Gasteiger partial charge in [-0.25, -0.2) is 0 Å². The summed E-state index contributed by atoms with van der Waals surface area (Å²) < 4.78 is 0. The van der Waals surface area contributed by atoms with Gasteiger partial charge < -0.3 is 5.32 Å². The van der Waals surface area contributed by atoms with Gasteiger partial charge in [0, 0.05) is 17.7 Å². The predicted molar refractivity (Wildman–Crippen MR) is 83.0 cm³/mol. The molecule has 112 valence electrons. The summed E-state index contributed by atoms with van der Waals surface area (Å²) in [6.07, 6.45) is 0.874. The molecule has 1 aromatic rings. The first kappa shape index (κ1) is 16.6. The Hall–Kier alpha value is -1.42. The monoisotopic (exact) mass is 278 g/mol. The van der Waals surface area contributed by atoms with Gasteiger partial charge in [-0.3, -0.25) is 10.1 Å². The lowest BCUT2D eigenvalue weighted by molar-refractivity contribution is -0.385. The van der Waals surface area contributed by atoms with Crippen molar-refractivity contribution in [2.24, 2.45) is 11.8 Å². The van der Waals surface area contributed by atoms with Gasteiger partial charge in [-0.05, 0) is 44.2 Å². The largest absolute Gasteiger partial charge is 0.314 e. The zero-order valence-electron chi connectivity index (χ0n) is 13.1. The maximum atomic E-state index is 11.0. The van der Waals surface area contributed by atoms with Crippen molar-refractivity contribution in [3.63, 3.8) is 0 Å². The first-order valence-electron chi connectivity index (χ1n) is 7.34. The molecule has 0 aromatic heterocycles. The lowest BCUT2D eigenvalue weighted by Gasteiger charge is -2.28. The smallest absolute Gasteiger partial charge is 0.272 e. The summed E-state index contributed by atoms with van der Waals surface area (Å²) in [5, 5.41) is 14.5. The van der Waals surface area contributed by atoms with Crippen molar-refractivity contribution in [3.8, 4) is 0 Å². The van der Waals surface area contributed by atoms with Gasteiger partial charge >= 0.3 is 0 Å². The van der Waals surface area contributed by atoms with E-state index in [2.05, 4.69) is 33.0 Å². The fourth-order valence-corrected chi connectivity index (χ4v) is 2.81. The van der Waals surface area contributed by atoms with Crippen LogP contribution in [0.15, 0.2) is 18.2 Å². The molecular formula is C16H26N2O2. The van der Waals surface area contributed by atoms with Crippen molar-refractivity contribution >= 4 is 5.69 Å². The Balaban J connectivity index is 3.00. The van der Waals surface area contributed by atoms with E-state index in [-0.39, 0.29) is 10.6 Å². The van der Waals surface area contributed by atoms with Gasteiger partial charge in [0.2, 0.25) is 0 Å². The first-order chi connectivity index (χ1) is 9.38. The third kappa shape index (κ3) is 4.04. The molecule has 0 heterocycles. The minimum Gasteiger partial charge on any atom is -0.314 e. The van der Waals surface area contributed by atoms with E-state index in [9.17, 15) is 10.1 Å². The Morgan fingerprint density at radius 3 is 2.45 bits per heavy atom. The molecule has 0 fully saturated rings. The number of nitrogens with zero attached hydrogens (tertiary/aromatic N) is 1. The minimum absolute atomic E-state index is 0.223. The van der Waals surface area contributed by atoms with Crippen molar-refractivity contribution in [3.05, 3.63) is 39.4 Å². The fraction of sp³-hybridized carbons (Fsp3) is 0.625. The normalized spacial score (nSPS) is 14.3. The van der Waals surface area contributed by atoms with E-state index in [0.29, 0.717) is 17.9 Å². The highest BCUT2D eigenvalue weighted by Crippen LogP contribution is 2.27. The van der Waals surface area contributed by atoms with Gasteiger partial charge in [0.05, 0.1) is 4.92 Å². The summed E-state index contributed by atoms with van der Waals surface area (Å²) in [5.41, 5.74) is 2.11. The average Bonchev–Trinajstić information content (AvgIpc) is 2.36. The molecule has 0 bridgehead atoms. The number of nitro groups is 1. The molecule has 2 unspecified atom stereocenters. The average molecular weight is 278 g/mol. The molecule has 0 aliphatic carbocycles. The molecule has 0 amide bonds. The van der Waals surface area contributed by atoms with Crippen LogP contribution in [0.2, 0.25) is 0 Å². The molecule has 0 radical (unpaired) electrons. The lowest BCUT2D eigenvalue weighted by Crippen LogP contribution is -2.37. The van der Waals surface area contributed by atoms with Crippen molar-refractivity contribution in [2.45, 2.75) is 47.1 Å². The number of nitrogens with one attached hydrogen (secondary N) is 1. The highest BCUT2D eigenvalue weighted by molar-refractivity contribution is 5.44. The predicted octanol–water partition coefficient (Wildman–Crippen LogP) is 3.72. The van der Waals surface area contributed by atoms with Crippen LogP contribution in [0.5, 0.6) is 0 Å². The Labute approximate surface area is 121 Å². The molecule has 1 aromatic carbocycles. The standard InChI is InChI=1S/C16H26N2O2/c1-6-17-13(5)15(11(2)3)10-14-8-7-9-16(12(14)4)18(19)20/h7-9,11,13,15,17H,6,10H2,1-5H3. The minimum atomic E-state index is -0.295. The van der Waals surface area contributed by atoms with Crippen molar-refractivity contribution in [1.29, 1.82) is 0 Å². The van der Waals surface area contributed by atoms with Gasteiger partial charge in [-0.1, -0.05) is 32.9 Å². The van der Waals surface area contributed by atoms with E-state index >= 15 is 0 Å². The molecule has 0 aliphatic rings. The number of rotatable bonds is 7. The lowest BCUT2D eigenvalue weighted by atomic mass is 9.82. The zero-order chi connectivity index (χ0) is 15.3. The van der Waals surface area contributed by atoms with Gasteiger partial charge in [-0.15, -0.1) is 0 Å². The fourth-order valence-electron chi connectivity index (χ4n) is 2.81. The van der Waals surface area contributed by atoms with Gasteiger partial charge in [0.1, 0.15) is 0 Å². The molecule has 4 nitrogen and oxygen atoms in total. The zero-order valence-corrected chi connectivity index (χ0v) is 13.1. The molecule has 2 atom stereocenters. The van der Waals surface area contributed by atoms with Crippen LogP contribution in [0.3, 0.4) is 0 Å². The second kappa shape index (κ2) is 7.39. The van der Waals surface area contributed by atoms with Crippen LogP contribution < -0.4 is 5.32 Å². The summed E-state index contributed by atoms with van der Waals surface area (Å²) in [6, 6.07) is 5.78. The molecule has 0 saturated heterocycles.